The third-order valence-corrected chi connectivity index (χ3v) is 7.07. The van der Waals surface area contributed by atoms with Gasteiger partial charge < -0.3 is 16.8 Å². The molecule has 1 spiro atoms. The summed E-state index contributed by atoms with van der Waals surface area (Å²) in [5.74, 6) is 1.27. The van der Waals surface area contributed by atoms with Crippen molar-refractivity contribution in [3.05, 3.63) is 42.1 Å². The molecular formula is C24H35N5O. The number of rotatable bonds is 10. The van der Waals surface area contributed by atoms with Crippen LogP contribution in [0.2, 0.25) is 0 Å². The zero-order valence-corrected chi connectivity index (χ0v) is 18.0. The molecule has 30 heavy (non-hydrogen) atoms. The SMILES string of the molecule is CC(Cc1ccc(N=C(N)/C=C\NC=O)cc1)N(CC1CC1)C1CC2(CC(N)C2)C1. The Morgan fingerprint density at radius 3 is 2.57 bits per heavy atom. The maximum absolute atomic E-state index is 10.3. The molecule has 0 aliphatic heterocycles. The lowest BCUT2D eigenvalue weighted by Gasteiger charge is -2.60. The molecule has 3 fully saturated rings. The Morgan fingerprint density at radius 1 is 1.27 bits per heavy atom. The van der Waals surface area contributed by atoms with Gasteiger partial charge in [-0.05, 0) is 87.0 Å². The van der Waals surface area contributed by atoms with Crippen LogP contribution in [0.1, 0.15) is 51.0 Å². The maximum atomic E-state index is 10.3. The number of nitrogens with zero attached hydrogens (tertiary/aromatic N) is 2. The highest BCUT2D eigenvalue weighted by Crippen LogP contribution is 2.57. The fraction of sp³-hybridized carbons (Fsp3) is 0.583. The minimum absolute atomic E-state index is 0.357. The molecule has 0 heterocycles. The highest BCUT2D eigenvalue weighted by atomic mass is 16.1. The summed E-state index contributed by atoms with van der Waals surface area (Å²) in [7, 11) is 0. The number of carbonyl (C=O) groups is 1. The van der Waals surface area contributed by atoms with E-state index in [-0.39, 0.29) is 0 Å². The highest BCUT2D eigenvalue weighted by molar-refractivity contribution is 5.93. The second-order valence-corrected chi connectivity index (χ2v) is 9.74. The van der Waals surface area contributed by atoms with E-state index >= 15 is 0 Å². The second-order valence-electron chi connectivity index (χ2n) is 9.74. The first-order chi connectivity index (χ1) is 14.5. The molecule has 1 aromatic rings. The monoisotopic (exact) mass is 409 g/mol. The summed E-state index contributed by atoms with van der Waals surface area (Å²) in [6, 6.07) is 10.1. The summed E-state index contributed by atoms with van der Waals surface area (Å²) in [6.45, 7) is 3.64. The molecule has 1 unspecified atom stereocenters. The van der Waals surface area contributed by atoms with Gasteiger partial charge in [0.25, 0.3) is 0 Å². The highest BCUT2D eigenvalue weighted by Gasteiger charge is 2.53. The Hall–Kier alpha value is -2.18. The summed E-state index contributed by atoms with van der Waals surface area (Å²) in [6.07, 6.45) is 12.7. The summed E-state index contributed by atoms with van der Waals surface area (Å²) in [5.41, 5.74) is 14.6. The first-order valence-electron chi connectivity index (χ1n) is 11.3. The molecule has 0 saturated heterocycles. The van der Waals surface area contributed by atoms with Crippen molar-refractivity contribution in [1.82, 2.24) is 10.2 Å². The molecule has 0 radical (unpaired) electrons. The lowest BCUT2D eigenvalue weighted by Crippen LogP contribution is -2.61. The normalized spacial score (nSPS) is 29.6. The predicted molar refractivity (Wildman–Crippen MR) is 121 cm³/mol. The van der Waals surface area contributed by atoms with Gasteiger partial charge in [0.15, 0.2) is 0 Å². The molecule has 5 N–H and O–H groups in total. The van der Waals surface area contributed by atoms with Gasteiger partial charge in [-0.25, -0.2) is 4.99 Å². The van der Waals surface area contributed by atoms with E-state index in [9.17, 15) is 4.79 Å². The quantitative estimate of drug-likeness (QED) is 0.314. The number of hydrogen-bond acceptors (Lipinski definition) is 4. The van der Waals surface area contributed by atoms with Crippen LogP contribution in [0.4, 0.5) is 5.69 Å². The molecule has 6 nitrogen and oxygen atoms in total. The molecule has 0 aromatic heterocycles. The first-order valence-corrected chi connectivity index (χ1v) is 11.3. The number of amides is 1. The number of hydrogen-bond donors (Lipinski definition) is 3. The van der Waals surface area contributed by atoms with E-state index in [2.05, 4.69) is 34.3 Å². The molecule has 1 aromatic carbocycles. The van der Waals surface area contributed by atoms with Crippen molar-refractivity contribution in [2.45, 2.75) is 70.0 Å². The van der Waals surface area contributed by atoms with Crippen LogP contribution in [-0.4, -0.2) is 41.8 Å². The Bertz CT molecular complexity index is 784. The minimum atomic E-state index is 0.357. The van der Waals surface area contributed by atoms with Gasteiger partial charge in [0.05, 0.1) is 5.69 Å². The van der Waals surface area contributed by atoms with E-state index in [1.807, 2.05) is 12.1 Å². The van der Waals surface area contributed by atoms with Gasteiger partial charge in [-0.15, -0.1) is 0 Å². The maximum Gasteiger partial charge on any atom is 0.211 e. The van der Waals surface area contributed by atoms with Gasteiger partial charge in [-0.1, -0.05) is 12.1 Å². The number of benzene rings is 1. The molecule has 0 bridgehead atoms. The van der Waals surface area contributed by atoms with E-state index < -0.39 is 0 Å². The number of carbonyl (C=O) groups excluding carboxylic acids is 1. The molecule has 162 valence electrons. The van der Waals surface area contributed by atoms with Gasteiger partial charge in [-0.3, -0.25) is 9.69 Å². The minimum Gasteiger partial charge on any atom is -0.384 e. The van der Waals surface area contributed by atoms with Crippen LogP contribution in [-0.2, 0) is 11.2 Å². The van der Waals surface area contributed by atoms with E-state index in [0.29, 0.717) is 29.7 Å². The van der Waals surface area contributed by atoms with Gasteiger partial charge in [-0.2, -0.15) is 0 Å². The second kappa shape index (κ2) is 8.90. The first kappa shape index (κ1) is 21.1. The third-order valence-electron chi connectivity index (χ3n) is 7.07. The van der Waals surface area contributed by atoms with Crippen LogP contribution in [0.5, 0.6) is 0 Å². The summed E-state index contributed by atoms with van der Waals surface area (Å²) >= 11 is 0. The predicted octanol–water partition coefficient (Wildman–Crippen LogP) is 2.85. The average molecular weight is 410 g/mol. The topological polar surface area (TPSA) is 96.7 Å². The molecule has 1 atom stereocenters. The number of nitrogens with one attached hydrogen (secondary N) is 1. The van der Waals surface area contributed by atoms with Gasteiger partial charge in [0, 0.05) is 30.9 Å². The summed E-state index contributed by atoms with van der Waals surface area (Å²) in [4.78, 5) is 17.4. The molecule has 3 aliphatic carbocycles. The van der Waals surface area contributed by atoms with Crippen molar-refractivity contribution in [2.75, 3.05) is 6.54 Å². The Balaban J connectivity index is 1.33. The largest absolute Gasteiger partial charge is 0.384 e. The van der Waals surface area contributed by atoms with Crippen LogP contribution in [0.3, 0.4) is 0 Å². The van der Waals surface area contributed by atoms with Crippen LogP contribution >= 0.6 is 0 Å². The average Bonchev–Trinajstić information content (AvgIpc) is 3.48. The van der Waals surface area contributed by atoms with E-state index in [1.165, 1.54) is 56.8 Å². The summed E-state index contributed by atoms with van der Waals surface area (Å²) < 4.78 is 0. The Kier molecular flexibility index (Phi) is 6.25. The van der Waals surface area contributed by atoms with Crippen LogP contribution in [0.15, 0.2) is 41.5 Å². The van der Waals surface area contributed by atoms with Gasteiger partial charge >= 0.3 is 0 Å². The van der Waals surface area contributed by atoms with Gasteiger partial charge in [0.1, 0.15) is 5.84 Å². The van der Waals surface area contributed by atoms with E-state index in [4.69, 9.17) is 11.5 Å². The fourth-order valence-electron chi connectivity index (χ4n) is 5.37. The molecule has 3 saturated carbocycles. The number of amidine groups is 1. The van der Waals surface area contributed by atoms with Crippen LogP contribution < -0.4 is 16.8 Å². The molecule has 6 heteroatoms. The van der Waals surface area contributed by atoms with Gasteiger partial charge in [0.2, 0.25) is 6.41 Å². The lowest BCUT2D eigenvalue weighted by atomic mass is 9.52. The molecule has 4 rings (SSSR count). The fourth-order valence-corrected chi connectivity index (χ4v) is 5.37. The Morgan fingerprint density at radius 2 is 1.97 bits per heavy atom. The molecule has 1 amide bonds. The zero-order chi connectivity index (χ0) is 21.1. The lowest BCUT2D eigenvalue weighted by molar-refractivity contribution is -0.108. The van der Waals surface area contributed by atoms with Crippen LogP contribution in [0.25, 0.3) is 0 Å². The smallest absolute Gasteiger partial charge is 0.211 e. The number of nitrogens with two attached hydrogens (primary N) is 2. The standard InChI is InChI=1S/C24H35N5O/c1-17(10-18-4-6-21(7-5-18)28-23(26)8-9-27-16-30)29(15-19-2-3-19)22-13-24(14-22)11-20(25)12-24/h4-9,16-17,19-20,22H,2-3,10-15,25H2,1H3,(H2,26,28)(H,27,30)/b9-8-. The molecular weight excluding hydrogens is 374 g/mol. The Labute approximate surface area is 179 Å². The van der Waals surface area contributed by atoms with E-state index in [0.717, 1.165) is 24.1 Å². The van der Waals surface area contributed by atoms with Crippen LogP contribution in [0, 0.1) is 11.3 Å². The van der Waals surface area contributed by atoms with Crippen molar-refractivity contribution in [1.29, 1.82) is 0 Å². The van der Waals surface area contributed by atoms with E-state index in [1.54, 1.807) is 6.08 Å². The van der Waals surface area contributed by atoms with Crippen molar-refractivity contribution in [3.8, 4) is 0 Å². The van der Waals surface area contributed by atoms with Crippen molar-refractivity contribution < 1.29 is 4.79 Å². The van der Waals surface area contributed by atoms with Crippen molar-refractivity contribution in [2.24, 2.45) is 27.8 Å². The summed E-state index contributed by atoms with van der Waals surface area (Å²) in [5, 5.41) is 2.42. The number of aliphatic imine (C=N–C) groups is 1. The molecule has 3 aliphatic rings. The zero-order valence-electron chi connectivity index (χ0n) is 18.0. The van der Waals surface area contributed by atoms with Crippen molar-refractivity contribution >= 4 is 17.9 Å². The third kappa shape index (κ3) is 5.10. The van der Waals surface area contributed by atoms with Crippen molar-refractivity contribution in [3.63, 3.8) is 0 Å².